The van der Waals surface area contributed by atoms with E-state index in [-0.39, 0.29) is 23.3 Å². The Balaban J connectivity index is 2.52. The number of benzene rings is 1. The molecule has 2 N–H and O–H groups in total. The van der Waals surface area contributed by atoms with Gasteiger partial charge in [-0.2, -0.15) is 0 Å². The molecule has 0 amide bonds. The SMILES string of the molecule is C=C(C)[C@H]1CCC(C)=C[C@@H]1c1c(O)cc(CC)cc1O. The van der Waals surface area contributed by atoms with Gasteiger partial charge >= 0.3 is 0 Å². The van der Waals surface area contributed by atoms with E-state index in [1.54, 1.807) is 12.1 Å². The van der Waals surface area contributed by atoms with Gasteiger partial charge in [-0.1, -0.05) is 30.7 Å². The van der Waals surface area contributed by atoms with E-state index in [0.717, 1.165) is 30.4 Å². The lowest BCUT2D eigenvalue weighted by molar-refractivity contribution is 0.406. The molecule has 1 aromatic carbocycles. The molecule has 0 saturated carbocycles. The molecule has 0 saturated heterocycles. The van der Waals surface area contributed by atoms with Crippen LogP contribution in [0.4, 0.5) is 0 Å². The summed E-state index contributed by atoms with van der Waals surface area (Å²) in [6.07, 6.45) is 5.05. The van der Waals surface area contributed by atoms with Gasteiger partial charge in [0.05, 0.1) is 0 Å². The third-order valence-corrected chi connectivity index (χ3v) is 4.32. The molecule has 0 unspecified atom stereocenters. The second-order valence-corrected chi connectivity index (χ2v) is 5.93. The van der Waals surface area contributed by atoms with Gasteiger partial charge in [0.25, 0.3) is 0 Å². The van der Waals surface area contributed by atoms with Crippen molar-refractivity contribution < 1.29 is 10.2 Å². The fourth-order valence-corrected chi connectivity index (χ4v) is 3.13. The van der Waals surface area contributed by atoms with Crippen LogP contribution in [0.15, 0.2) is 35.9 Å². The van der Waals surface area contributed by atoms with Crippen molar-refractivity contribution in [3.63, 3.8) is 0 Å². The largest absolute Gasteiger partial charge is 0.507 e. The summed E-state index contributed by atoms with van der Waals surface area (Å²) in [5.74, 6) is 0.697. The van der Waals surface area contributed by atoms with Crippen molar-refractivity contribution in [2.75, 3.05) is 0 Å². The minimum Gasteiger partial charge on any atom is -0.507 e. The molecule has 0 bridgehead atoms. The Bertz CT molecular complexity index is 532. The van der Waals surface area contributed by atoms with Crippen molar-refractivity contribution in [3.05, 3.63) is 47.1 Å². The Morgan fingerprint density at radius 3 is 2.40 bits per heavy atom. The van der Waals surface area contributed by atoms with Crippen LogP contribution in [0.1, 0.15) is 50.7 Å². The van der Waals surface area contributed by atoms with Gasteiger partial charge in [0.15, 0.2) is 0 Å². The standard InChI is InChI=1S/C18H24O2/c1-5-13-9-16(19)18(17(20)10-13)15-8-12(4)6-7-14(15)11(2)3/h8-10,14-15,19-20H,2,5-7H2,1,3-4H3/t14-,15+/m1/s1. The third-order valence-electron chi connectivity index (χ3n) is 4.32. The smallest absolute Gasteiger partial charge is 0.123 e. The molecule has 0 heterocycles. The minimum atomic E-state index is 0.0205. The van der Waals surface area contributed by atoms with E-state index in [9.17, 15) is 10.2 Å². The van der Waals surface area contributed by atoms with Crippen LogP contribution in [0.3, 0.4) is 0 Å². The van der Waals surface area contributed by atoms with Crippen LogP contribution < -0.4 is 0 Å². The Kier molecular flexibility index (Phi) is 4.22. The minimum absolute atomic E-state index is 0.0205. The highest BCUT2D eigenvalue weighted by atomic mass is 16.3. The maximum atomic E-state index is 10.3. The van der Waals surface area contributed by atoms with Crippen LogP contribution >= 0.6 is 0 Å². The second kappa shape index (κ2) is 5.74. The average molecular weight is 272 g/mol. The molecule has 2 atom stereocenters. The molecule has 1 aliphatic carbocycles. The maximum Gasteiger partial charge on any atom is 0.123 e. The monoisotopic (exact) mass is 272 g/mol. The van der Waals surface area contributed by atoms with E-state index >= 15 is 0 Å². The summed E-state index contributed by atoms with van der Waals surface area (Å²) in [7, 11) is 0. The molecule has 0 fully saturated rings. The number of phenolic OH excluding ortho intramolecular Hbond substituents is 2. The van der Waals surface area contributed by atoms with Gasteiger partial charge < -0.3 is 10.2 Å². The molecule has 20 heavy (non-hydrogen) atoms. The lowest BCUT2D eigenvalue weighted by Crippen LogP contribution is -2.17. The first-order valence-corrected chi connectivity index (χ1v) is 7.31. The van der Waals surface area contributed by atoms with Gasteiger partial charge in [0.1, 0.15) is 11.5 Å². The fraction of sp³-hybridized carbons (Fsp3) is 0.444. The molecule has 2 nitrogen and oxygen atoms in total. The van der Waals surface area contributed by atoms with Gasteiger partial charge in [0.2, 0.25) is 0 Å². The van der Waals surface area contributed by atoms with Crippen molar-refractivity contribution in [3.8, 4) is 11.5 Å². The molecule has 0 aromatic heterocycles. The highest BCUT2D eigenvalue weighted by Gasteiger charge is 2.29. The van der Waals surface area contributed by atoms with E-state index in [1.807, 2.05) is 13.8 Å². The highest BCUT2D eigenvalue weighted by Crippen LogP contribution is 2.46. The molecule has 1 aromatic rings. The number of hydrogen-bond donors (Lipinski definition) is 2. The summed E-state index contributed by atoms with van der Waals surface area (Å²) in [6, 6.07) is 3.53. The molecule has 108 valence electrons. The van der Waals surface area contributed by atoms with E-state index in [4.69, 9.17) is 0 Å². The molecule has 1 aliphatic rings. The van der Waals surface area contributed by atoms with Gasteiger partial charge in [-0.05, 0) is 56.7 Å². The Morgan fingerprint density at radius 2 is 1.90 bits per heavy atom. The van der Waals surface area contributed by atoms with Crippen LogP contribution in [0.25, 0.3) is 0 Å². The van der Waals surface area contributed by atoms with Crippen molar-refractivity contribution in [2.45, 2.75) is 46.0 Å². The Labute approximate surface area is 121 Å². The number of rotatable bonds is 3. The lowest BCUT2D eigenvalue weighted by Gasteiger charge is -2.31. The summed E-state index contributed by atoms with van der Waals surface area (Å²) >= 11 is 0. The van der Waals surface area contributed by atoms with Crippen LogP contribution in [0, 0.1) is 5.92 Å². The van der Waals surface area contributed by atoms with E-state index in [1.165, 1.54) is 5.57 Å². The van der Waals surface area contributed by atoms with Crippen LogP contribution in [-0.2, 0) is 6.42 Å². The molecule has 0 aliphatic heterocycles. The molecule has 2 heteroatoms. The van der Waals surface area contributed by atoms with Crippen molar-refractivity contribution in [2.24, 2.45) is 5.92 Å². The first kappa shape index (κ1) is 14.7. The highest BCUT2D eigenvalue weighted by molar-refractivity contribution is 5.51. The zero-order valence-corrected chi connectivity index (χ0v) is 12.6. The summed E-state index contributed by atoms with van der Waals surface area (Å²) < 4.78 is 0. The predicted octanol–water partition coefficient (Wildman–Crippen LogP) is 4.68. The number of phenols is 2. The Morgan fingerprint density at radius 1 is 1.30 bits per heavy atom. The average Bonchev–Trinajstić information content (AvgIpc) is 2.37. The van der Waals surface area contributed by atoms with E-state index < -0.39 is 0 Å². The third kappa shape index (κ3) is 2.74. The topological polar surface area (TPSA) is 40.5 Å². The van der Waals surface area contributed by atoms with Gasteiger partial charge in [-0.15, -0.1) is 0 Å². The van der Waals surface area contributed by atoms with E-state index in [2.05, 4.69) is 19.6 Å². The normalized spacial score (nSPS) is 22.4. The summed E-state index contributed by atoms with van der Waals surface area (Å²) in [5, 5.41) is 20.6. The first-order valence-electron chi connectivity index (χ1n) is 7.31. The first-order chi connectivity index (χ1) is 9.43. The zero-order valence-electron chi connectivity index (χ0n) is 12.6. The zero-order chi connectivity index (χ0) is 14.9. The van der Waals surface area contributed by atoms with Crippen molar-refractivity contribution >= 4 is 0 Å². The van der Waals surface area contributed by atoms with Gasteiger partial charge in [0, 0.05) is 11.5 Å². The second-order valence-electron chi connectivity index (χ2n) is 5.93. The van der Waals surface area contributed by atoms with Gasteiger partial charge in [-0.3, -0.25) is 0 Å². The quantitative estimate of drug-likeness (QED) is 0.785. The number of aromatic hydroxyl groups is 2. The lowest BCUT2D eigenvalue weighted by atomic mass is 9.73. The van der Waals surface area contributed by atoms with Crippen molar-refractivity contribution in [1.29, 1.82) is 0 Å². The van der Waals surface area contributed by atoms with E-state index in [0.29, 0.717) is 5.56 Å². The molecule has 2 rings (SSSR count). The molecular formula is C18H24O2. The number of hydrogen-bond acceptors (Lipinski definition) is 2. The van der Waals surface area contributed by atoms with Crippen LogP contribution in [0.2, 0.25) is 0 Å². The predicted molar refractivity (Wildman–Crippen MR) is 83.2 cm³/mol. The Hall–Kier alpha value is -1.70. The summed E-state index contributed by atoms with van der Waals surface area (Å²) in [6.45, 7) is 10.2. The number of aryl methyl sites for hydroxylation is 1. The van der Waals surface area contributed by atoms with Gasteiger partial charge in [-0.25, -0.2) is 0 Å². The van der Waals surface area contributed by atoms with Crippen molar-refractivity contribution in [1.82, 2.24) is 0 Å². The summed E-state index contributed by atoms with van der Waals surface area (Å²) in [5.41, 5.74) is 4.02. The molecular weight excluding hydrogens is 248 g/mol. The van der Waals surface area contributed by atoms with Crippen LogP contribution in [-0.4, -0.2) is 10.2 Å². The maximum absolute atomic E-state index is 10.3. The number of allylic oxidation sites excluding steroid dienone is 3. The summed E-state index contributed by atoms with van der Waals surface area (Å²) in [4.78, 5) is 0. The van der Waals surface area contributed by atoms with Crippen LogP contribution in [0.5, 0.6) is 11.5 Å². The molecule has 0 radical (unpaired) electrons. The molecule has 0 spiro atoms. The fourth-order valence-electron chi connectivity index (χ4n) is 3.13.